The maximum Gasteiger partial charge on any atom is 0.306 e. The average molecular weight is 465 g/mol. The molecule has 0 spiro atoms. The molecule has 0 aromatic rings. The number of aliphatic hydroxyl groups is 1. The fourth-order valence-electron chi connectivity index (χ4n) is 7.82. The first-order chi connectivity index (χ1) is 15.0. The minimum Gasteiger partial charge on any atom is -0.487 e. The fraction of sp³-hybridized carbons (Fsp3) is 0.720. The molecule has 0 aromatic heterocycles. The molecule has 0 aliphatic heterocycles. The summed E-state index contributed by atoms with van der Waals surface area (Å²) in [6, 6.07) is 0. The highest BCUT2D eigenvalue weighted by atomic mass is 32.1. The second kappa shape index (κ2) is 7.73. The third-order valence-electron chi connectivity index (χ3n) is 9.18. The van der Waals surface area contributed by atoms with Crippen LogP contribution >= 0.6 is 12.2 Å². The zero-order chi connectivity index (χ0) is 23.6. The van der Waals surface area contributed by atoms with Crippen molar-refractivity contribution in [3.05, 3.63) is 23.6 Å². The van der Waals surface area contributed by atoms with E-state index in [1.807, 2.05) is 13.8 Å². The van der Waals surface area contributed by atoms with Gasteiger partial charge in [-0.25, -0.2) is 4.39 Å². The lowest BCUT2D eigenvalue weighted by Gasteiger charge is -2.60. The van der Waals surface area contributed by atoms with Gasteiger partial charge in [-0.2, -0.15) is 0 Å². The van der Waals surface area contributed by atoms with Gasteiger partial charge in [-0.3, -0.25) is 9.59 Å². The van der Waals surface area contributed by atoms with E-state index in [9.17, 15) is 19.1 Å². The molecule has 1 N–H and O–H groups in total. The van der Waals surface area contributed by atoms with Crippen molar-refractivity contribution in [1.29, 1.82) is 0 Å². The van der Waals surface area contributed by atoms with E-state index in [0.29, 0.717) is 24.8 Å². The topological polar surface area (TPSA) is 72.8 Å². The molecule has 0 amide bonds. The molecule has 0 heterocycles. The molecule has 32 heavy (non-hydrogen) atoms. The summed E-state index contributed by atoms with van der Waals surface area (Å²) >= 11 is 5.65. The van der Waals surface area contributed by atoms with Gasteiger partial charge < -0.3 is 14.6 Å². The summed E-state index contributed by atoms with van der Waals surface area (Å²) < 4.78 is 26.5. The van der Waals surface area contributed by atoms with Crippen LogP contribution in [0.1, 0.15) is 59.8 Å². The van der Waals surface area contributed by atoms with Crippen LogP contribution in [-0.2, 0) is 19.1 Å². The largest absolute Gasteiger partial charge is 0.487 e. The van der Waals surface area contributed by atoms with E-state index in [4.69, 9.17) is 21.7 Å². The Morgan fingerprint density at radius 3 is 2.69 bits per heavy atom. The Morgan fingerprint density at radius 2 is 2.06 bits per heavy atom. The molecule has 5 nitrogen and oxygen atoms in total. The molecule has 8 atom stereocenters. The van der Waals surface area contributed by atoms with Crippen LogP contribution < -0.4 is 0 Å². The summed E-state index contributed by atoms with van der Waals surface area (Å²) in [5.74, 6) is -1.72. The second-order valence-corrected chi connectivity index (χ2v) is 10.9. The lowest BCUT2D eigenvalue weighted by molar-refractivity contribution is -0.186. The Morgan fingerprint density at radius 1 is 1.38 bits per heavy atom. The van der Waals surface area contributed by atoms with Crippen LogP contribution in [0.4, 0.5) is 4.39 Å². The number of ether oxygens (including phenoxy) is 2. The summed E-state index contributed by atoms with van der Waals surface area (Å²) in [5, 5.41) is 11.8. The van der Waals surface area contributed by atoms with E-state index in [-0.39, 0.29) is 41.1 Å². The van der Waals surface area contributed by atoms with Crippen molar-refractivity contribution in [2.45, 2.75) is 71.5 Å². The molecule has 3 fully saturated rings. The standard InChI is InChI=1S/C25H33FO5S/c1-6-19(29)31-25(22(32)30-5)13(2)11-16-14-7-8-15-21(26)17(27)9-10-23(15,3)20(14)18(28)12-24(16,25)4/h9-10,13-14,16,18,20,28H,6-8,11-12H2,1-5H3/t13-,14+,16+,18+,20-,23+,24+,25+/m1/s1. The van der Waals surface area contributed by atoms with Gasteiger partial charge in [-0.15, -0.1) is 0 Å². The van der Waals surface area contributed by atoms with Crippen LogP contribution in [0.25, 0.3) is 0 Å². The predicted molar refractivity (Wildman–Crippen MR) is 121 cm³/mol. The van der Waals surface area contributed by atoms with Crippen LogP contribution in [0, 0.1) is 34.5 Å². The van der Waals surface area contributed by atoms with Gasteiger partial charge in [-0.05, 0) is 61.4 Å². The molecule has 4 rings (SSSR count). The monoisotopic (exact) mass is 464 g/mol. The SMILES string of the molecule is CCC(=O)O[C@]1(C(=S)OC)[C@H](C)C[C@H]2[C@@H]3CCC4=C(F)C(=O)C=C[C@]4(C)[C@H]3[C@@H](O)C[C@@]21C. The van der Waals surface area contributed by atoms with Crippen molar-refractivity contribution >= 4 is 29.0 Å². The number of carbonyl (C=O) groups excluding carboxylic acids is 2. The van der Waals surface area contributed by atoms with E-state index in [1.165, 1.54) is 13.2 Å². The van der Waals surface area contributed by atoms with Gasteiger partial charge in [0.25, 0.3) is 0 Å². The quantitative estimate of drug-likeness (QED) is 0.491. The molecule has 176 valence electrons. The summed E-state index contributed by atoms with van der Waals surface area (Å²) in [5.41, 5.74) is -1.93. The Kier molecular flexibility index (Phi) is 5.69. The smallest absolute Gasteiger partial charge is 0.306 e. The summed E-state index contributed by atoms with van der Waals surface area (Å²) in [7, 11) is 1.50. The highest BCUT2D eigenvalue weighted by molar-refractivity contribution is 7.80. The van der Waals surface area contributed by atoms with Crippen molar-refractivity contribution in [3.63, 3.8) is 0 Å². The van der Waals surface area contributed by atoms with Gasteiger partial charge in [0, 0.05) is 29.1 Å². The van der Waals surface area contributed by atoms with Crippen molar-refractivity contribution in [2.24, 2.45) is 34.5 Å². The van der Waals surface area contributed by atoms with Crippen molar-refractivity contribution in [1.82, 2.24) is 0 Å². The number of rotatable bonds is 3. The number of halogens is 1. The maximum absolute atomic E-state index is 14.8. The fourth-order valence-corrected chi connectivity index (χ4v) is 8.30. The third-order valence-corrected chi connectivity index (χ3v) is 9.65. The molecular formula is C25H33FO5S. The van der Waals surface area contributed by atoms with E-state index in [1.54, 1.807) is 13.0 Å². The lowest BCUT2D eigenvalue weighted by Crippen LogP contribution is -2.63. The number of allylic oxidation sites excluding steroid dienone is 4. The Labute approximate surface area is 194 Å². The molecule has 4 aliphatic carbocycles. The number of aliphatic hydroxyl groups excluding tert-OH is 1. The van der Waals surface area contributed by atoms with Crippen molar-refractivity contribution < 1.29 is 28.6 Å². The van der Waals surface area contributed by atoms with Crippen molar-refractivity contribution in [2.75, 3.05) is 7.11 Å². The third kappa shape index (κ3) is 2.86. The Balaban J connectivity index is 1.81. The van der Waals surface area contributed by atoms with Crippen LogP contribution in [0.2, 0.25) is 0 Å². The molecule has 3 saturated carbocycles. The Bertz CT molecular complexity index is 927. The molecule has 0 aromatic carbocycles. The number of thiocarbonyl (C=S) groups is 1. The molecule has 0 unspecified atom stereocenters. The van der Waals surface area contributed by atoms with E-state index < -0.39 is 34.1 Å². The zero-order valence-corrected chi connectivity index (χ0v) is 20.3. The molecule has 0 saturated heterocycles. The van der Waals surface area contributed by atoms with Crippen LogP contribution in [-0.4, -0.2) is 40.7 Å². The number of hydrogen-bond donors (Lipinski definition) is 1. The number of carbonyl (C=O) groups is 2. The molecule has 4 aliphatic rings. The van der Waals surface area contributed by atoms with Gasteiger partial charge in [0.2, 0.25) is 10.8 Å². The van der Waals surface area contributed by atoms with Gasteiger partial charge in [0.1, 0.15) is 0 Å². The van der Waals surface area contributed by atoms with Gasteiger partial charge in [0.05, 0.1) is 13.2 Å². The van der Waals surface area contributed by atoms with E-state index in [2.05, 4.69) is 6.92 Å². The summed E-state index contributed by atoms with van der Waals surface area (Å²) in [6.45, 7) is 7.78. The number of hydrogen-bond acceptors (Lipinski definition) is 6. The van der Waals surface area contributed by atoms with Crippen molar-refractivity contribution in [3.8, 4) is 0 Å². The van der Waals surface area contributed by atoms with Gasteiger partial charge in [0.15, 0.2) is 11.4 Å². The first-order valence-corrected chi connectivity index (χ1v) is 12.0. The first-order valence-electron chi connectivity index (χ1n) is 11.6. The van der Waals surface area contributed by atoms with E-state index in [0.717, 1.165) is 6.42 Å². The van der Waals surface area contributed by atoms with Crippen LogP contribution in [0.15, 0.2) is 23.6 Å². The average Bonchev–Trinajstić information content (AvgIpc) is 2.97. The summed E-state index contributed by atoms with van der Waals surface area (Å²) in [4.78, 5) is 24.5. The molecule has 7 heteroatoms. The van der Waals surface area contributed by atoms with Gasteiger partial charge >= 0.3 is 5.97 Å². The van der Waals surface area contributed by atoms with Crippen LogP contribution in [0.5, 0.6) is 0 Å². The molecular weight excluding hydrogens is 431 g/mol. The number of esters is 1. The Hall–Kier alpha value is -1.60. The van der Waals surface area contributed by atoms with Crippen LogP contribution in [0.3, 0.4) is 0 Å². The maximum atomic E-state index is 14.8. The van der Waals surface area contributed by atoms with Gasteiger partial charge in [-0.1, -0.05) is 33.8 Å². The second-order valence-electron chi connectivity index (χ2n) is 10.5. The molecule has 0 radical (unpaired) electrons. The lowest BCUT2D eigenvalue weighted by atomic mass is 9.46. The highest BCUT2D eigenvalue weighted by Gasteiger charge is 2.72. The molecule has 0 bridgehead atoms. The minimum atomic E-state index is -1.11. The highest BCUT2D eigenvalue weighted by Crippen LogP contribution is 2.69. The van der Waals surface area contributed by atoms with E-state index >= 15 is 0 Å². The number of methoxy groups -OCH3 is 1. The number of fused-ring (bicyclic) bond motifs is 5. The summed E-state index contributed by atoms with van der Waals surface area (Å²) in [6.07, 6.45) is 4.83. The minimum absolute atomic E-state index is 0.0764. The number of ketones is 1. The predicted octanol–water partition coefficient (Wildman–Crippen LogP) is 4.47. The first kappa shape index (κ1) is 23.6. The zero-order valence-electron chi connectivity index (χ0n) is 19.4. The normalized spacial score (nSPS) is 45.1.